The molecule has 0 aromatic carbocycles. The lowest BCUT2D eigenvalue weighted by molar-refractivity contribution is -0.146. The van der Waals surface area contributed by atoms with Gasteiger partial charge in [-0.05, 0) is 19.8 Å². The van der Waals surface area contributed by atoms with E-state index in [0.29, 0.717) is 13.1 Å². The molecule has 0 spiro atoms. The molecular formula is C16H23NO6. The number of nitrogens with zero attached hydrogens (tertiary/aromatic N) is 1. The van der Waals surface area contributed by atoms with Crippen LogP contribution in [0.5, 0.6) is 0 Å². The summed E-state index contributed by atoms with van der Waals surface area (Å²) in [5.74, 6) is 2.95. The van der Waals surface area contributed by atoms with Crippen molar-refractivity contribution >= 4 is 17.8 Å². The van der Waals surface area contributed by atoms with Crippen LogP contribution in [0.4, 0.5) is 0 Å². The number of hydrogen-bond acceptors (Lipinski definition) is 6. The van der Waals surface area contributed by atoms with Gasteiger partial charge in [-0.2, -0.15) is 0 Å². The van der Waals surface area contributed by atoms with Gasteiger partial charge in [0.1, 0.15) is 0 Å². The summed E-state index contributed by atoms with van der Waals surface area (Å²) < 4.78 is 14.3. The van der Waals surface area contributed by atoms with Crippen molar-refractivity contribution in [3.05, 3.63) is 12.3 Å². The summed E-state index contributed by atoms with van der Waals surface area (Å²) in [7, 11) is 2.41. The predicted molar refractivity (Wildman–Crippen MR) is 83.0 cm³/mol. The zero-order valence-corrected chi connectivity index (χ0v) is 14.2. The Bertz CT molecular complexity index is 512. The van der Waals surface area contributed by atoms with Crippen LogP contribution < -0.4 is 0 Å². The summed E-state index contributed by atoms with van der Waals surface area (Å²) in [5.41, 5.74) is -1.58. The highest BCUT2D eigenvalue weighted by atomic mass is 16.5. The number of hydrogen-bond donors (Lipinski definition) is 0. The van der Waals surface area contributed by atoms with E-state index in [1.54, 1.807) is 6.92 Å². The maximum absolute atomic E-state index is 12.7. The van der Waals surface area contributed by atoms with E-state index in [1.165, 1.54) is 19.1 Å². The van der Waals surface area contributed by atoms with E-state index in [4.69, 9.17) is 4.74 Å². The molecule has 128 valence electrons. The lowest BCUT2D eigenvalue weighted by Gasteiger charge is -2.31. The minimum Gasteiger partial charge on any atom is -0.472 e. The second-order valence-corrected chi connectivity index (χ2v) is 4.34. The number of rotatable bonds is 7. The van der Waals surface area contributed by atoms with Crippen molar-refractivity contribution in [2.24, 2.45) is 0 Å². The first-order valence-electron chi connectivity index (χ1n) is 7.23. The molecule has 0 heterocycles. The van der Waals surface area contributed by atoms with E-state index < -0.39 is 23.4 Å². The zero-order valence-electron chi connectivity index (χ0n) is 14.2. The van der Waals surface area contributed by atoms with Crippen LogP contribution in [0.25, 0.3) is 0 Å². The van der Waals surface area contributed by atoms with Crippen molar-refractivity contribution in [2.45, 2.75) is 32.8 Å². The SMILES string of the molecule is CCN(CC)C(=O)C(C#CC(=O)OC)(CC)O/C=C/C(=O)OC. The van der Waals surface area contributed by atoms with Gasteiger partial charge in [0.25, 0.3) is 5.91 Å². The monoisotopic (exact) mass is 325 g/mol. The molecule has 23 heavy (non-hydrogen) atoms. The Kier molecular flexibility index (Phi) is 9.16. The van der Waals surface area contributed by atoms with Gasteiger partial charge < -0.3 is 19.1 Å². The summed E-state index contributed by atoms with van der Waals surface area (Å²) >= 11 is 0. The summed E-state index contributed by atoms with van der Waals surface area (Å²) in [4.78, 5) is 36.6. The third kappa shape index (κ3) is 6.02. The minimum atomic E-state index is -1.58. The maximum atomic E-state index is 12.7. The molecule has 0 aromatic heterocycles. The van der Waals surface area contributed by atoms with Gasteiger partial charge in [-0.15, -0.1) is 0 Å². The highest BCUT2D eigenvalue weighted by Crippen LogP contribution is 2.20. The summed E-state index contributed by atoms with van der Waals surface area (Å²) in [6.07, 6.45) is 2.25. The van der Waals surface area contributed by atoms with Crippen LogP contribution in [0.15, 0.2) is 12.3 Å². The summed E-state index contributed by atoms with van der Waals surface area (Å²) in [6.45, 7) is 6.25. The van der Waals surface area contributed by atoms with Gasteiger partial charge in [0.15, 0.2) is 0 Å². The maximum Gasteiger partial charge on any atom is 0.384 e. The summed E-state index contributed by atoms with van der Waals surface area (Å²) in [6, 6.07) is 0. The minimum absolute atomic E-state index is 0.178. The van der Waals surface area contributed by atoms with Crippen LogP contribution in [0, 0.1) is 11.8 Å². The van der Waals surface area contributed by atoms with Gasteiger partial charge in [-0.25, -0.2) is 9.59 Å². The lowest BCUT2D eigenvalue weighted by atomic mass is 9.99. The van der Waals surface area contributed by atoms with Crippen LogP contribution in [0.3, 0.4) is 0 Å². The Labute approximate surface area is 136 Å². The topological polar surface area (TPSA) is 82.1 Å². The van der Waals surface area contributed by atoms with Gasteiger partial charge in [0, 0.05) is 25.4 Å². The van der Waals surface area contributed by atoms with Gasteiger partial charge in [-0.1, -0.05) is 6.92 Å². The molecule has 0 bridgehead atoms. The molecule has 0 aliphatic rings. The molecule has 7 heteroatoms. The van der Waals surface area contributed by atoms with Crippen LogP contribution in [-0.4, -0.2) is 55.7 Å². The Morgan fingerprint density at radius 3 is 2.13 bits per heavy atom. The largest absolute Gasteiger partial charge is 0.472 e. The van der Waals surface area contributed by atoms with Crippen molar-refractivity contribution in [1.82, 2.24) is 4.90 Å². The molecule has 0 N–H and O–H groups in total. The molecule has 0 aliphatic heterocycles. The van der Waals surface area contributed by atoms with Crippen LogP contribution in [-0.2, 0) is 28.6 Å². The average Bonchev–Trinajstić information content (AvgIpc) is 2.58. The fraction of sp³-hybridized carbons (Fsp3) is 0.562. The number of carbonyl (C=O) groups excluding carboxylic acids is 3. The normalized spacial score (nSPS) is 12.6. The zero-order chi connectivity index (χ0) is 17.9. The molecule has 0 saturated carbocycles. The third-order valence-electron chi connectivity index (χ3n) is 3.12. The first kappa shape index (κ1) is 20.5. The molecule has 0 aliphatic carbocycles. The second kappa shape index (κ2) is 10.3. The number of carbonyl (C=O) groups is 3. The molecule has 0 rings (SSSR count). The van der Waals surface area contributed by atoms with Crippen molar-refractivity contribution in [1.29, 1.82) is 0 Å². The Morgan fingerprint density at radius 1 is 1.09 bits per heavy atom. The van der Waals surface area contributed by atoms with E-state index >= 15 is 0 Å². The van der Waals surface area contributed by atoms with E-state index in [9.17, 15) is 14.4 Å². The van der Waals surface area contributed by atoms with Crippen molar-refractivity contribution in [3.8, 4) is 11.8 Å². The van der Waals surface area contributed by atoms with Gasteiger partial charge >= 0.3 is 11.9 Å². The van der Waals surface area contributed by atoms with Crippen molar-refractivity contribution in [2.75, 3.05) is 27.3 Å². The standard InChI is InChI=1S/C16H23NO6/c1-6-16(11-9-13(18)21-4,15(20)17(7-2)8-3)23-12-10-14(19)22-5/h10,12H,6-8H2,1-5H3/b12-10+. The quantitative estimate of drug-likeness (QED) is 0.227. The second-order valence-electron chi connectivity index (χ2n) is 4.34. The van der Waals surface area contributed by atoms with E-state index in [1.807, 2.05) is 13.8 Å². The third-order valence-corrected chi connectivity index (χ3v) is 3.12. The van der Waals surface area contributed by atoms with E-state index in [0.717, 1.165) is 12.3 Å². The molecular weight excluding hydrogens is 302 g/mol. The fourth-order valence-electron chi connectivity index (χ4n) is 1.70. The van der Waals surface area contributed by atoms with E-state index in [2.05, 4.69) is 21.3 Å². The number of ether oxygens (including phenoxy) is 3. The predicted octanol–water partition coefficient (Wildman–Crippen LogP) is 0.883. The van der Waals surface area contributed by atoms with Gasteiger partial charge in [0.2, 0.25) is 5.60 Å². The lowest BCUT2D eigenvalue weighted by Crippen LogP contribution is -2.49. The molecule has 0 fully saturated rings. The first-order valence-corrected chi connectivity index (χ1v) is 7.23. The fourth-order valence-corrected chi connectivity index (χ4v) is 1.70. The van der Waals surface area contributed by atoms with Crippen LogP contribution >= 0.6 is 0 Å². The van der Waals surface area contributed by atoms with E-state index in [-0.39, 0.29) is 6.42 Å². The highest BCUT2D eigenvalue weighted by molar-refractivity contribution is 5.94. The molecule has 7 nitrogen and oxygen atoms in total. The Hall–Kier alpha value is -2.49. The number of likely N-dealkylation sites (N-methyl/N-ethyl adjacent to an activating group) is 1. The first-order chi connectivity index (χ1) is 10.9. The van der Waals surface area contributed by atoms with Gasteiger partial charge in [-0.3, -0.25) is 4.79 Å². The number of methoxy groups -OCH3 is 2. The van der Waals surface area contributed by atoms with Crippen molar-refractivity contribution in [3.63, 3.8) is 0 Å². The Balaban J connectivity index is 5.65. The summed E-state index contributed by atoms with van der Waals surface area (Å²) in [5, 5.41) is 0. The molecule has 1 atom stereocenters. The molecule has 0 saturated heterocycles. The highest BCUT2D eigenvalue weighted by Gasteiger charge is 2.39. The smallest absolute Gasteiger partial charge is 0.384 e. The van der Waals surface area contributed by atoms with Gasteiger partial charge in [0.05, 0.1) is 26.6 Å². The number of amides is 1. The van der Waals surface area contributed by atoms with Crippen molar-refractivity contribution < 1.29 is 28.6 Å². The molecule has 0 aromatic rings. The average molecular weight is 325 g/mol. The molecule has 1 amide bonds. The molecule has 0 radical (unpaired) electrons. The van der Waals surface area contributed by atoms with Crippen LogP contribution in [0.1, 0.15) is 27.2 Å². The van der Waals surface area contributed by atoms with Crippen LogP contribution in [0.2, 0.25) is 0 Å². The Morgan fingerprint density at radius 2 is 1.70 bits per heavy atom. The number of esters is 2. The molecule has 1 unspecified atom stereocenters.